The van der Waals surface area contributed by atoms with Gasteiger partial charge in [-0.3, -0.25) is 9.59 Å². The van der Waals surface area contributed by atoms with Crippen molar-refractivity contribution in [2.45, 2.75) is 36.1 Å². The summed E-state index contributed by atoms with van der Waals surface area (Å²) in [4.78, 5) is 68.6. The van der Waals surface area contributed by atoms with Gasteiger partial charge in [0.2, 0.25) is 11.5 Å². The molecule has 12 heteroatoms. The van der Waals surface area contributed by atoms with Crippen LogP contribution in [0.25, 0.3) is 11.0 Å². The largest absolute Gasteiger partial charge is 0.508 e. The zero-order valence-electron chi connectivity index (χ0n) is 20.4. The highest BCUT2D eigenvalue weighted by molar-refractivity contribution is 8.01. The number of carboxylic acid groups (broad SMARTS) is 1. The van der Waals surface area contributed by atoms with Crippen LogP contribution >= 0.6 is 11.8 Å². The predicted molar refractivity (Wildman–Crippen MR) is 138 cm³/mol. The lowest BCUT2D eigenvalue weighted by molar-refractivity contribution is -0.165. The molecule has 196 valence electrons. The molecular formula is C26H24N3O8S+. The molecule has 2 aliphatic rings. The van der Waals surface area contributed by atoms with E-state index >= 15 is 0 Å². The van der Waals surface area contributed by atoms with Gasteiger partial charge in [0, 0.05) is 16.9 Å². The standard InChI is InChI=1S/C26H23N3O8S/c1-26(2)21(25(35)36)28-22(33)19(23(28)38-26)29(18(31)11-27,13-7-9-14(30)10-8-13)24(34)16-12-37-17-6-4-3-5-15(17)20(16)32/h3-10,12,19,21,23H,11,27H2,1-2H3,(H-,30,35,36)/p+1. The van der Waals surface area contributed by atoms with Crippen molar-refractivity contribution in [2.75, 3.05) is 6.54 Å². The molecule has 38 heavy (non-hydrogen) atoms. The summed E-state index contributed by atoms with van der Waals surface area (Å²) >= 11 is 1.15. The Morgan fingerprint density at radius 3 is 2.39 bits per heavy atom. The number of quaternary nitrogens is 1. The van der Waals surface area contributed by atoms with Crippen LogP contribution in [-0.4, -0.2) is 67.6 Å². The van der Waals surface area contributed by atoms with E-state index in [2.05, 4.69) is 0 Å². The Hall–Kier alpha value is -4.00. The third kappa shape index (κ3) is 3.41. The minimum atomic E-state index is -1.41. The van der Waals surface area contributed by atoms with Gasteiger partial charge < -0.3 is 25.3 Å². The topological polar surface area (TPSA) is 168 Å². The molecule has 2 fully saturated rings. The Morgan fingerprint density at radius 1 is 1.11 bits per heavy atom. The SMILES string of the molecule is CC1(C)SC2C([N+](C(=O)CN)(C(=O)c3coc4ccccc4c3=O)c3ccc(O)cc3)C(=O)N2C1C(=O)O. The number of carbonyl (C=O) groups is 4. The number of phenolic OH excluding ortho intramolecular Hbond substituents is 1. The number of imide groups is 1. The lowest BCUT2D eigenvalue weighted by Gasteiger charge is -2.50. The summed E-state index contributed by atoms with van der Waals surface area (Å²) in [6.07, 6.45) is 0.955. The van der Waals surface area contributed by atoms with Crippen molar-refractivity contribution < 1.29 is 33.8 Å². The summed E-state index contributed by atoms with van der Waals surface area (Å²) < 4.78 is 3.30. The molecule has 2 aliphatic heterocycles. The van der Waals surface area contributed by atoms with Gasteiger partial charge in [0.15, 0.2) is 5.56 Å². The number of thioether (sulfide) groups is 1. The van der Waals surface area contributed by atoms with Crippen LogP contribution in [0.15, 0.2) is 64.0 Å². The molecule has 11 nitrogen and oxygen atoms in total. The number of carbonyl (C=O) groups excluding carboxylic acids is 3. The quantitative estimate of drug-likeness (QED) is 0.321. The fourth-order valence-corrected chi connectivity index (χ4v) is 7.15. The average Bonchev–Trinajstić information content (AvgIpc) is 3.14. The minimum Gasteiger partial charge on any atom is -0.508 e. The van der Waals surface area contributed by atoms with Crippen molar-refractivity contribution in [1.82, 2.24) is 9.38 Å². The molecule has 3 heterocycles. The molecule has 0 aliphatic carbocycles. The van der Waals surface area contributed by atoms with E-state index in [1.165, 1.54) is 30.3 Å². The number of amides is 3. The summed E-state index contributed by atoms with van der Waals surface area (Å²) in [6.45, 7) is 2.66. The maximum absolute atomic E-state index is 14.4. The first-order valence-corrected chi connectivity index (χ1v) is 12.5. The molecule has 2 aromatic carbocycles. The highest BCUT2D eigenvalue weighted by Gasteiger charge is 2.74. The lowest BCUT2D eigenvalue weighted by Crippen LogP contribution is -2.81. The molecule has 3 aromatic rings. The highest BCUT2D eigenvalue weighted by atomic mass is 32.2. The first kappa shape index (κ1) is 25.6. The van der Waals surface area contributed by atoms with Crippen LogP contribution in [0.5, 0.6) is 5.75 Å². The number of nitrogens with zero attached hydrogens (tertiary/aromatic N) is 2. The first-order valence-electron chi connectivity index (χ1n) is 11.7. The van der Waals surface area contributed by atoms with E-state index in [1.54, 1.807) is 32.0 Å². The number of benzene rings is 2. The van der Waals surface area contributed by atoms with Crippen molar-refractivity contribution in [3.8, 4) is 5.75 Å². The van der Waals surface area contributed by atoms with Crippen molar-refractivity contribution in [1.29, 1.82) is 0 Å². The van der Waals surface area contributed by atoms with Crippen LogP contribution in [0, 0.1) is 0 Å². The number of aromatic hydroxyl groups is 1. The van der Waals surface area contributed by atoms with Gasteiger partial charge in [0.05, 0.1) is 5.39 Å². The molecule has 4 atom stereocenters. The molecular weight excluding hydrogens is 514 g/mol. The number of fused-ring (bicyclic) bond motifs is 2. The molecule has 4 N–H and O–H groups in total. The molecule has 0 saturated carbocycles. The van der Waals surface area contributed by atoms with E-state index in [1.807, 2.05) is 0 Å². The molecule has 0 radical (unpaired) electrons. The van der Waals surface area contributed by atoms with Crippen LogP contribution in [0.3, 0.4) is 0 Å². The summed E-state index contributed by atoms with van der Waals surface area (Å²) in [6, 6.07) is 8.76. The lowest BCUT2D eigenvalue weighted by atomic mass is 9.92. The molecule has 0 spiro atoms. The second kappa shape index (κ2) is 8.79. The maximum atomic E-state index is 14.4. The normalized spacial score (nSPS) is 23.4. The summed E-state index contributed by atoms with van der Waals surface area (Å²) in [5.41, 5.74) is 4.85. The highest BCUT2D eigenvalue weighted by Crippen LogP contribution is 2.54. The van der Waals surface area contributed by atoms with Crippen molar-refractivity contribution in [3.05, 3.63) is 70.6 Å². The van der Waals surface area contributed by atoms with Crippen LogP contribution < -0.4 is 15.6 Å². The van der Waals surface area contributed by atoms with E-state index in [-0.39, 0.29) is 22.4 Å². The molecule has 2 saturated heterocycles. The summed E-state index contributed by atoms with van der Waals surface area (Å²) in [5.74, 6) is -4.04. The van der Waals surface area contributed by atoms with Gasteiger partial charge in [0.1, 0.15) is 41.2 Å². The van der Waals surface area contributed by atoms with E-state index in [9.17, 15) is 34.2 Å². The van der Waals surface area contributed by atoms with Crippen molar-refractivity contribution >= 4 is 52.1 Å². The Kier molecular flexibility index (Phi) is 5.93. The fraction of sp³-hybridized carbons (Fsp3) is 0.269. The van der Waals surface area contributed by atoms with Crippen molar-refractivity contribution in [2.24, 2.45) is 5.73 Å². The van der Waals surface area contributed by atoms with Gasteiger partial charge >= 0.3 is 17.8 Å². The summed E-state index contributed by atoms with van der Waals surface area (Å²) in [7, 11) is 0. The Labute approximate surface area is 220 Å². The monoisotopic (exact) mass is 538 g/mol. The molecule has 4 unspecified atom stereocenters. The number of β-lactam (4-membered cyclic amide) rings is 1. The van der Waals surface area contributed by atoms with Gasteiger partial charge in [-0.25, -0.2) is 14.4 Å². The molecule has 0 bridgehead atoms. The molecule has 3 amide bonds. The third-order valence-electron chi connectivity index (χ3n) is 7.12. The maximum Gasteiger partial charge on any atom is 0.366 e. The average molecular weight is 539 g/mol. The predicted octanol–water partition coefficient (Wildman–Crippen LogP) is 1.65. The Balaban J connectivity index is 1.77. The van der Waals surface area contributed by atoms with Crippen LogP contribution in [0.2, 0.25) is 0 Å². The van der Waals surface area contributed by atoms with E-state index in [4.69, 9.17) is 10.2 Å². The van der Waals surface area contributed by atoms with E-state index < -0.39 is 67.9 Å². The van der Waals surface area contributed by atoms with E-state index in [0.717, 1.165) is 22.9 Å². The number of aliphatic carboxylic acids is 1. The minimum absolute atomic E-state index is 0.00834. The van der Waals surface area contributed by atoms with Gasteiger partial charge in [0.25, 0.3) is 5.91 Å². The number of hydrogen-bond donors (Lipinski definition) is 3. The zero-order chi connectivity index (χ0) is 27.6. The van der Waals surface area contributed by atoms with Crippen LogP contribution in [-0.2, 0) is 14.4 Å². The van der Waals surface area contributed by atoms with Crippen molar-refractivity contribution in [3.63, 3.8) is 0 Å². The second-order valence-corrected chi connectivity index (χ2v) is 11.4. The Morgan fingerprint density at radius 2 is 1.76 bits per heavy atom. The smallest absolute Gasteiger partial charge is 0.366 e. The summed E-state index contributed by atoms with van der Waals surface area (Å²) in [5, 5.41) is 19.0. The first-order chi connectivity index (χ1) is 18.0. The number of rotatable bonds is 5. The van der Waals surface area contributed by atoms with Gasteiger partial charge in [-0.15, -0.1) is 16.2 Å². The van der Waals surface area contributed by atoms with E-state index in [0.29, 0.717) is 0 Å². The van der Waals surface area contributed by atoms with Crippen LogP contribution in [0.4, 0.5) is 5.69 Å². The van der Waals surface area contributed by atoms with Gasteiger partial charge in [-0.2, -0.15) is 0 Å². The number of para-hydroxylation sites is 1. The number of nitrogens with two attached hydrogens (primary N) is 1. The fourth-order valence-electron chi connectivity index (χ4n) is 5.41. The number of carboxylic acids is 1. The number of hydrogen-bond acceptors (Lipinski definition) is 9. The molecule has 1 aromatic heterocycles. The third-order valence-corrected chi connectivity index (χ3v) is 8.68. The molecule has 5 rings (SSSR count). The second-order valence-electron chi connectivity index (χ2n) is 9.66. The van der Waals surface area contributed by atoms with Crippen LogP contribution in [0.1, 0.15) is 24.2 Å². The van der Waals surface area contributed by atoms with Gasteiger partial charge in [-0.05, 0) is 38.1 Å². The number of phenols is 1. The Bertz CT molecular complexity index is 1570. The van der Waals surface area contributed by atoms with Gasteiger partial charge in [-0.1, -0.05) is 12.1 Å². The zero-order valence-corrected chi connectivity index (χ0v) is 21.2.